The number of nitrogens with zero attached hydrogens (tertiary/aromatic N) is 2. The van der Waals surface area contributed by atoms with Crippen LogP contribution in [0.1, 0.15) is 41.1 Å². The lowest BCUT2D eigenvalue weighted by molar-refractivity contribution is 0.780. The fourth-order valence-corrected chi connectivity index (χ4v) is 8.03. The van der Waals surface area contributed by atoms with Crippen LogP contribution in [-0.2, 0) is 0 Å². The topological polar surface area (TPSA) is 37.3 Å². The summed E-state index contributed by atoms with van der Waals surface area (Å²) in [5.74, 6) is 0.855. The van der Waals surface area contributed by atoms with E-state index in [1.165, 1.54) is 60.1 Å². The van der Waals surface area contributed by atoms with Crippen LogP contribution in [0.5, 0.6) is 0 Å². The average molecular weight is 692 g/mol. The molecule has 54 heavy (non-hydrogen) atoms. The zero-order chi connectivity index (χ0) is 35.8. The molecule has 0 radical (unpaired) electrons. The molecule has 1 N–H and O–H groups in total. The van der Waals surface area contributed by atoms with Crippen LogP contribution < -0.4 is 5.32 Å². The Morgan fingerprint density at radius 3 is 1.81 bits per heavy atom. The number of benzene rings is 7. The van der Waals surface area contributed by atoms with Gasteiger partial charge >= 0.3 is 0 Å². The van der Waals surface area contributed by atoms with Crippen LogP contribution in [0.3, 0.4) is 0 Å². The van der Waals surface area contributed by atoms with Gasteiger partial charge < -0.3 is 5.32 Å². The van der Waals surface area contributed by atoms with Gasteiger partial charge in [0.05, 0.1) is 11.7 Å². The summed E-state index contributed by atoms with van der Waals surface area (Å²) < 4.78 is 0. The first kappa shape index (κ1) is 31.9. The molecular weight excluding hydrogens is 655 g/mol. The number of fused-ring (bicyclic) bond motifs is 6. The molecule has 0 amide bonds. The van der Waals surface area contributed by atoms with Crippen molar-refractivity contribution in [2.24, 2.45) is 4.99 Å². The van der Waals surface area contributed by atoms with Crippen LogP contribution in [0.2, 0.25) is 0 Å². The largest absolute Gasteiger partial charge is 0.359 e. The van der Waals surface area contributed by atoms with Crippen molar-refractivity contribution in [2.45, 2.75) is 18.9 Å². The smallest absolute Gasteiger partial charge is 0.134 e. The van der Waals surface area contributed by atoms with Crippen molar-refractivity contribution < 1.29 is 0 Å². The number of hydrogen-bond acceptors (Lipinski definition) is 3. The lowest BCUT2D eigenvalue weighted by atomic mass is 9.92. The Balaban J connectivity index is 1.02. The summed E-state index contributed by atoms with van der Waals surface area (Å²) in [4.78, 5) is 9.62. The van der Waals surface area contributed by atoms with Crippen molar-refractivity contribution in [3.63, 3.8) is 0 Å². The van der Waals surface area contributed by atoms with E-state index >= 15 is 0 Å². The molecule has 256 valence electrons. The minimum absolute atomic E-state index is 0.0530. The summed E-state index contributed by atoms with van der Waals surface area (Å²) in [6.07, 6.45) is 15.0. The Morgan fingerprint density at radius 1 is 0.481 bits per heavy atom. The molecule has 2 heterocycles. The molecule has 10 rings (SSSR count). The molecule has 1 unspecified atom stereocenters. The number of pyridine rings is 1. The number of hydrogen-bond donors (Lipinski definition) is 1. The zero-order valence-corrected chi connectivity index (χ0v) is 29.8. The first-order valence-corrected chi connectivity index (χ1v) is 18.7. The standard InChI is InChI=1S/C51H37N3/c1-2-10-34(11-3-1)35-19-23-37(24-20-35)49-32-50(41-13-8-12-39(30-41)42-14-9-29-52-33-42)54-51(53-49)38-25-21-36(22-26-38)40-27-28-47-45-17-5-4-15-43(45)44-16-6-7-18-46(44)48(47)31-40/h2,4-33,49H,1,3H2,(H,53,54). The summed E-state index contributed by atoms with van der Waals surface area (Å²) in [5.41, 5.74) is 11.4. The Bertz CT molecular complexity index is 2790. The van der Waals surface area contributed by atoms with Gasteiger partial charge in [-0.3, -0.25) is 4.98 Å². The highest BCUT2D eigenvalue weighted by Gasteiger charge is 2.21. The fraction of sp³-hybridized carbons (Fsp3) is 0.0588. The molecule has 0 spiro atoms. The van der Waals surface area contributed by atoms with Gasteiger partial charge in [0.1, 0.15) is 5.84 Å². The Labute approximate surface area is 315 Å². The minimum atomic E-state index is -0.0530. The van der Waals surface area contributed by atoms with Gasteiger partial charge in [-0.2, -0.15) is 0 Å². The first-order valence-electron chi connectivity index (χ1n) is 18.7. The van der Waals surface area contributed by atoms with Gasteiger partial charge in [-0.25, -0.2) is 4.99 Å². The van der Waals surface area contributed by atoms with Crippen molar-refractivity contribution in [1.82, 2.24) is 10.3 Å². The highest BCUT2D eigenvalue weighted by Crippen LogP contribution is 2.37. The van der Waals surface area contributed by atoms with Gasteiger partial charge in [-0.15, -0.1) is 0 Å². The highest BCUT2D eigenvalue weighted by molar-refractivity contribution is 6.25. The maximum absolute atomic E-state index is 5.26. The van der Waals surface area contributed by atoms with Crippen LogP contribution >= 0.6 is 0 Å². The van der Waals surface area contributed by atoms with E-state index in [2.05, 4.69) is 180 Å². The quantitative estimate of drug-likeness (QED) is 0.176. The van der Waals surface area contributed by atoms with E-state index < -0.39 is 0 Å². The van der Waals surface area contributed by atoms with E-state index in [0.29, 0.717) is 0 Å². The average Bonchev–Trinajstić information content (AvgIpc) is 3.27. The fourth-order valence-electron chi connectivity index (χ4n) is 8.03. The van der Waals surface area contributed by atoms with Gasteiger partial charge in [0.25, 0.3) is 0 Å². The molecule has 3 nitrogen and oxygen atoms in total. The van der Waals surface area contributed by atoms with Crippen LogP contribution in [0.15, 0.2) is 193 Å². The summed E-state index contributed by atoms with van der Waals surface area (Å²) in [6, 6.07) is 54.8. The van der Waals surface area contributed by atoms with E-state index in [1.807, 2.05) is 18.5 Å². The maximum Gasteiger partial charge on any atom is 0.134 e. The molecule has 1 atom stereocenters. The van der Waals surface area contributed by atoms with Crippen LogP contribution in [-0.4, -0.2) is 10.8 Å². The number of nitrogens with one attached hydrogen (secondary N) is 1. The Morgan fingerprint density at radius 2 is 1.11 bits per heavy atom. The number of rotatable bonds is 6. The van der Waals surface area contributed by atoms with Gasteiger partial charge in [0.15, 0.2) is 0 Å². The van der Waals surface area contributed by atoms with Crippen molar-refractivity contribution >= 4 is 49.4 Å². The summed E-state index contributed by atoms with van der Waals surface area (Å²) in [7, 11) is 0. The molecule has 1 aliphatic carbocycles. The van der Waals surface area contributed by atoms with Crippen LogP contribution in [0.25, 0.3) is 65.8 Å². The predicted octanol–water partition coefficient (Wildman–Crippen LogP) is 12.7. The lowest BCUT2D eigenvalue weighted by Crippen LogP contribution is -2.31. The van der Waals surface area contributed by atoms with Crippen LogP contribution in [0, 0.1) is 0 Å². The molecule has 0 saturated carbocycles. The minimum Gasteiger partial charge on any atom is -0.359 e. The van der Waals surface area contributed by atoms with E-state index in [1.54, 1.807) is 0 Å². The summed E-state index contributed by atoms with van der Waals surface area (Å²) >= 11 is 0. The molecule has 7 aromatic carbocycles. The lowest BCUT2D eigenvalue weighted by Gasteiger charge is -2.25. The molecule has 0 saturated heterocycles. The van der Waals surface area contributed by atoms with E-state index in [9.17, 15) is 0 Å². The number of aromatic nitrogens is 1. The summed E-state index contributed by atoms with van der Waals surface area (Å²) in [5, 5.41) is 11.5. The summed E-state index contributed by atoms with van der Waals surface area (Å²) in [6.45, 7) is 0. The molecule has 2 aliphatic rings. The number of amidine groups is 1. The van der Waals surface area contributed by atoms with E-state index in [0.717, 1.165) is 46.6 Å². The van der Waals surface area contributed by atoms with E-state index in [4.69, 9.17) is 4.99 Å². The number of aliphatic imine (C=N–C) groups is 1. The third-order valence-electron chi connectivity index (χ3n) is 10.8. The first-order chi connectivity index (χ1) is 26.7. The second-order valence-corrected chi connectivity index (χ2v) is 14.1. The van der Waals surface area contributed by atoms with Gasteiger partial charge in [0, 0.05) is 29.1 Å². The third-order valence-corrected chi connectivity index (χ3v) is 10.8. The van der Waals surface area contributed by atoms with Gasteiger partial charge in [-0.1, -0.05) is 152 Å². The Hall–Kier alpha value is -6.84. The number of allylic oxidation sites excluding steroid dienone is 4. The second kappa shape index (κ2) is 13.6. The van der Waals surface area contributed by atoms with Gasteiger partial charge in [0.2, 0.25) is 0 Å². The molecule has 8 aromatic rings. The molecule has 1 aromatic heterocycles. The van der Waals surface area contributed by atoms with Crippen molar-refractivity contribution in [3.05, 3.63) is 211 Å². The third kappa shape index (κ3) is 5.90. The SMILES string of the molecule is C1=CC(c2ccc(C3C=C(c4cccc(-c5cccnc5)c4)N=C(c4ccc(-c5ccc6c7ccccc7c7ccccc7c6c5)cc4)N3)cc2)=CCC1. The predicted molar refractivity (Wildman–Crippen MR) is 227 cm³/mol. The van der Waals surface area contributed by atoms with Crippen molar-refractivity contribution in [1.29, 1.82) is 0 Å². The van der Waals surface area contributed by atoms with E-state index in [-0.39, 0.29) is 6.04 Å². The zero-order valence-electron chi connectivity index (χ0n) is 29.8. The van der Waals surface area contributed by atoms with Crippen LogP contribution in [0.4, 0.5) is 0 Å². The molecule has 3 heteroatoms. The molecular formula is C51H37N3. The molecule has 1 aliphatic heterocycles. The molecule has 0 bridgehead atoms. The highest BCUT2D eigenvalue weighted by atomic mass is 15.0. The van der Waals surface area contributed by atoms with Gasteiger partial charge in [-0.05, 0) is 103 Å². The monoisotopic (exact) mass is 691 g/mol. The molecule has 0 fully saturated rings. The van der Waals surface area contributed by atoms with Crippen molar-refractivity contribution in [2.75, 3.05) is 0 Å². The second-order valence-electron chi connectivity index (χ2n) is 14.1. The Kier molecular flexibility index (Phi) is 8.03. The van der Waals surface area contributed by atoms with Crippen molar-refractivity contribution in [3.8, 4) is 22.3 Å². The normalized spacial score (nSPS) is 15.5. The maximum atomic E-state index is 5.26.